The van der Waals surface area contributed by atoms with Crippen molar-refractivity contribution in [2.45, 2.75) is 37.3 Å². The van der Waals surface area contributed by atoms with E-state index in [1.807, 2.05) is 0 Å². The maximum atomic E-state index is 14.8. The number of allylic oxidation sites excluding steroid dienone is 1. The molecule has 2 rings (SSSR count). The van der Waals surface area contributed by atoms with Crippen LogP contribution in [-0.2, 0) is 6.18 Å². The SMILES string of the molecule is O=C(CCC(F)(F)F)c1ccc(/C(F)=C/C(c2cc(Cl)c(Cl)c(Cl)c2)C(F)(F)F)cc1C(F)(F)F. The lowest BCUT2D eigenvalue weighted by atomic mass is 9.94. The molecule has 14 heteroatoms. The van der Waals surface area contributed by atoms with E-state index in [0.717, 1.165) is 12.1 Å². The van der Waals surface area contributed by atoms with Gasteiger partial charge in [0.05, 0.1) is 27.1 Å². The Bertz CT molecular complexity index is 1110. The van der Waals surface area contributed by atoms with Gasteiger partial charge in [-0.1, -0.05) is 46.9 Å². The summed E-state index contributed by atoms with van der Waals surface area (Å²) in [5, 5.41) is -1.06. The molecule has 0 fully saturated rings. The molecule has 1 nitrogen and oxygen atoms in total. The van der Waals surface area contributed by atoms with E-state index in [1.165, 1.54) is 0 Å². The van der Waals surface area contributed by atoms with Crippen LogP contribution in [0.4, 0.5) is 43.9 Å². The van der Waals surface area contributed by atoms with Gasteiger partial charge in [-0.3, -0.25) is 4.79 Å². The summed E-state index contributed by atoms with van der Waals surface area (Å²) >= 11 is 17.1. The summed E-state index contributed by atoms with van der Waals surface area (Å²) < 4.78 is 133. The molecule has 0 aromatic heterocycles. The first-order valence-electron chi connectivity index (χ1n) is 9.21. The molecule has 0 heterocycles. The Morgan fingerprint density at radius 3 is 1.89 bits per heavy atom. The van der Waals surface area contributed by atoms with Crippen molar-refractivity contribution < 1.29 is 48.7 Å². The molecular formula is C21H11Cl3F10O. The van der Waals surface area contributed by atoms with Crippen LogP contribution in [0.5, 0.6) is 0 Å². The molecule has 0 saturated carbocycles. The fourth-order valence-electron chi connectivity index (χ4n) is 2.94. The van der Waals surface area contributed by atoms with Gasteiger partial charge in [-0.2, -0.15) is 39.5 Å². The summed E-state index contributed by atoms with van der Waals surface area (Å²) in [5.74, 6) is -5.99. The van der Waals surface area contributed by atoms with E-state index >= 15 is 0 Å². The number of carbonyl (C=O) groups excluding carboxylic acids is 1. The predicted molar refractivity (Wildman–Crippen MR) is 110 cm³/mol. The maximum Gasteiger partial charge on any atom is 0.417 e. The minimum atomic E-state index is -5.32. The van der Waals surface area contributed by atoms with E-state index in [-0.39, 0.29) is 17.2 Å². The number of hydrogen-bond acceptors (Lipinski definition) is 1. The average Bonchev–Trinajstić information content (AvgIpc) is 2.71. The average molecular weight is 576 g/mol. The maximum absolute atomic E-state index is 14.8. The Morgan fingerprint density at radius 2 is 1.43 bits per heavy atom. The van der Waals surface area contributed by atoms with Crippen molar-refractivity contribution in [2.75, 3.05) is 0 Å². The number of alkyl halides is 9. The summed E-state index contributed by atoms with van der Waals surface area (Å²) in [5.41, 5.74) is -4.64. The van der Waals surface area contributed by atoms with Crippen LogP contribution in [0.15, 0.2) is 36.4 Å². The highest BCUT2D eigenvalue weighted by Gasteiger charge is 2.41. The second-order valence-corrected chi connectivity index (χ2v) is 8.32. The molecule has 0 amide bonds. The van der Waals surface area contributed by atoms with Gasteiger partial charge in [-0.05, 0) is 29.8 Å². The lowest BCUT2D eigenvalue weighted by Crippen LogP contribution is -2.19. The molecule has 0 saturated heterocycles. The van der Waals surface area contributed by atoms with Crippen molar-refractivity contribution in [1.82, 2.24) is 0 Å². The molecule has 192 valence electrons. The molecule has 35 heavy (non-hydrogen) atoms. The van der Waals surface area contributed by atoms with Gasteiger partial charge in [-0.15, -0.1) is 0 Å². The molecule has 0 aliphatic rings. The van der Waals surface area contributed by atoms with Crippen LogP contribution in [0.1, 0.15) is 45.8 Å². The van der Waals surface area contributed by atoms with Crippen molar-refractivity contribution in [1.29, 1.82) is 0 Å². The van der Waals surface area contributed by atoms with E-state index in [1.54, 1.807) is 0 Å². The number of ketones is 1. The predicted octanol–water partition coefficient (Wildman–Crippen LogP) is 9.85. The van der Waals surface area contributed by atoms with Gasteiger partial charge in [0.15, 0.2) is 5.78 Å². The van der Waals surface area contributed by atoms with Crippen molar-refractivity contribution in [3.05, 3.63) is 73.7 Å². The van der Waals surface area contributed by atoms with Crippen molar-refractivity contribution in [2.24, 2.45) is 0 Å². The monoisotopic (exact) mass is 574 g/mol. The van der Waals surface area contributed by atoms with Gasteiger partial charge >= 0.3 is 18.5 Å². The third kappa shape index (κ3) is 7.75. The van der Waals surface area contributed by atoms with Gasteiger partial charge in [0.1, 0.15) is 11.7 Å². The summed E-state index contributed by atoms with van der Waals surface area (Å²) in [7, 11) is 0. The zero-order valence-corrected chi connectivity index (χ0v) is 19.0. The second kappa shape index (κ2) is 10.6. The first-order chi connectivity index (χ1) is 15.8. The van der Waals surface area contributed by atoms with Crippen LogP contribution in [0.25, 0.3) is 5.83 Å². The number of halogens is 13. The number of hydrogen-bond donors (Lipinski definition) is 0. The van der Waals surface area contributed by atoms with Crippen molar-refractivity contribution in [3.8, 4) is 0 Å². The normalized spacial score (nSPS) is 14.3. The Kier molecular flexibility index (Phi) is 8.82. The molecule has 0 N–H and O–H groups in total. The highest BCUT2D eigenvalue weighted by molar-refractivity contribution is 6.48. The lowest BCUT2D eigenvalue weighted by Gasteiger charge is -2.19. The molecule has 1 atom stereocenters. The highest BCUT2D eigenvalue weighted by Crippen LogP contribution is 2.43. The minimum Gasteiger partial charge on any atom is -0.294 e. The van der Waals surface area contributed by atoms with E-state index < -0.39 is 81.2 Å². The van der Waals surface area contributed by atoms with Gasteiger partial charge in [0.2, 0.25) is 0 Å². The molecule has 0 aliphatic carbocycles. The summed E-state index contributed by atoms with van der Waals surface area (Å²) in [6.45, 7) is 0. The molecule has 1 unspecified atom stereocenters. The number of rotatable bonds is 6. The van der Waals surface area contributed by atoms with E-state index in [9.17, 15) is 48.7 Å². The van der Waals surface area contributed by atoms with Crippen LogP contribution >= 0.6 is 34.8 Å². The lowest BCUT2D eigenvalue weighted by molar-refractivity contribution is -0.140. The molecule has 2 aromatic rings. The number of Topliss-reactive ketones (excluding diaryl/α,β-unsaturated/α-hetero) is 1. The zero-order chi connectivity index (χ0) is 26.9. The fraction of sp³-hybridized carbons (Fsp3) is 0.286. The highest BCUT2D eigenvalue weighted by atomic mass is 35.5. The van der Waals surface area contributed by atoms with E-state index in [2.05, 4.69) is 0 Å². The topological polar surface area (TPSA) is 17.1 Å². The third-order valence-corrected chi connectivity index (χ3v) is 5.76. The van der Waals surface area contributed by atoms with Crippen LogP contribution in [-0.4, -0.2) is 18.1 Å². The third-order valence-electron chi connectivity index (χ3n) is 4.57. The largest absolute Gasteiger partial charge is 0.417 e. The summed E-state index contributed by atoms with van der Waals surface area (Å²) in [6.07, 6.45) is -18.3. The Hall–Kier alpha value is -1.98. The van der Waals surface area contributed by atoms with Crippen LogP contribution in [0, 0.1) is 0 Å². The van der Waals surface area contributed by atoms with Crippen LogP contribution in [0.2, 0.25) is 15.1 Å². The van der Waals surface area contributed by atoms with Gasteiger partial charge in [0.25, 0.3) is 0 Å². The molecule has 0 bridgehead atoms. The van der Waals surface area contributed by atoms with Gasteiger partial charge in [0, 0.05) is 17.5 Å². The molecule has 0 aliphatic heterocycles. The number of carbonyl (C=O) groups is 1. The minimum absolute atomic E-state index is 0.0312. The zero-order valence-electron chi connectivity index (χ0n) is 16.8. The van der Waals surface area contributed by atoms with Crippen LogP contribution in [0.3, 0.4) is 0 Å². The molecule has 2 aromatic carbocycles. The standard InChI is InChI=1S/C21H11Cl3F10O/c22-14-6-10(7-15(23)18(14)24)12(20(29,30)31)8-16(25)9-1-2-11(13(5-9)21(32,33)34)17(35)3-4-19(26,27)28/h1-2,5-8,12H,3-4H2/b16-8-. The molecule has 0 spiro atoms. The fourth-order valence-corrected chi connectivity index (χ4v) is 3.55. The van der Waals surface area contributed by atoms with E-state index in [4.69, 9.17) is 34.8 Å². The molecular weight excluding hydrogens is 565 g/mol. The Labute approximate surface area is 206 Å². The number of benzene rings is 2. The van der Waals surface area contributed by atoms with Crippen molar-refractivity contribution >= 4 is 46.4 Å². The Balaban J connectivity index is 2.55. The quantitative estimate of drug-likeness (QED) is 0.190. The molecule has 0 radical (unpaired) electrons. The first kappa shape index (κ1) is 29.3. The first-order valence-corrected chi connectivity index (χ1v) is 10.3. The van der Waals surface area contributed by atoms with Gasteiger partial charge < -0.3 is 0 Å². The van der Waals surface area contributed by atoms with Gasteiger partial charge in [-0.25, -0.2) is 4.39 Å². The van der Waals surface area contributed by atoms with E-state index in [0.29, 0.717) is 12.1 Å². The summed E-state index contributed by atoms with van der Waals surface area (Å²) in [6, 6.07) is 2.50. The Morgan fingerprint density at radius 1 is 0.886 bits per heavy atom. The van der Waals surface area contributed by atoms with Crippen LogP contribution < -0.4 is 0 Å². The smallest absolute Gasteiger partial charge is 0.294 e. The summed E-state index contributed by atoms with van der Waals surface area (Å²) in [4.78, 5) is 11.9. The second-order valence-electron chi connectivity index (χ2n) is 7.13. The van der Waals surface area contributed by atoms with Crippen molar-refractivity contribution in [3.63, 3.8) is 0 Å².